The van der Waals surface area contributed by atoms with Gasteiger partial charge in [0.1, 0.15) is 16.5 Å². The van der Waals surface area contributed by atoms with Gasteiger partial charge in [-0.2, -0.15) is 4.31 Å². The van der Waals surface area contributed by atoms with Crippen LogP contribution in [0.2, 0.25) is 0 Å². The van der Waals surface area contributed by atoms with Crippen LogP contribution in [0.4, 0.5) is 4.39 Å². The van der Waals surface area contributed by atoms with Crippen molar-refractivity contribution in [3.05, 3.63) is 58.9 Å². The van der Waals surface area contributed by atoms with E-state index in [1.807, 2.05) is 13.0 Å². The summed E-state index contributed by atoms with van der Waals surface area (Å²) in [6.45, 7) is 4.93. The Kier molecular flexibility index (Phi) is 6.86. The molecule has 0 radical (unpaired) electrons. The molecule has 1 N–H and O–H groups in total. The van der Waals surface area contributed by atoms with Gasteiger partial charge < -0.3 is 10.1 Å². The Morgan fingerprint density at radius 3 is 2.63 bits per heavy atom. The van der Waals surface area contributed by atoms with E-state index in [0.717, 1.165) is 5.56 Å². The van der Waals surface area contributed by atoms with Crippen LogP contribution in [0.5, 0.6) is 5.75 Å². The lowest BCUT2D eigenvalue weighted by Gasteiger charge is -2.36. The van der Waals surface area contributed by atoms with Crippen LogP contribution in [0, 0.1) is 19.7 Å². The quantitative estimate of drug-likeness (QED) is 0.834. The summed E-state index contributed by atoms with van der Waals surface area (Å²) >= 11 is 0. The number of sulfonamides is 1. The van der Waals surface area contributed by atoms with Gasteiger partial charge in [0, 0.05) is 19.6 Å². The van der Waals surface area contributed by atoms with E-state index in [9.17, 15) is 12.8 Å². The molecule has 8 heteroatoms. The number of piperazine rings is 1. The zero-order valence-corrected chi connectivity index (χ0v) is 17.2. The minimum absolute atomic E-state index is 0. The number of halogens is 2. The van der Waals surface area contributed by atoms with E-state index in [-0.39, 0.29) is 23.1 Å². The Bertz CT molecular complexity index is 921. The summed E-state index contributed by atoms with van der Waals surface area (Å²) in [7, 11) is -2.35. The van der Waals surface area contributed by atoms with Gasteiger partial charge in [0.2, 0.25) is 10.0 Å². The third-order valence-corrected chi connectivity index (χ3v) is 6.69. The minimum Gasteiger partial charge on any atom is -0.495 e. The molecular formula is C19H24ClFN2O3S. The molecule has 3 rings (SSSR count). The monoisotopic (exact) mass is 414 g/mol. The van der Waals surface area contributed by atoms with Gasteiger partial charge in [-0.05, 0) is 48.7 Å². The molecule has 1 fully saturated rings. The van der Waals surface area contributed by atoms with Gasteiger partial charge in [-0.1, -0.05) is 18.2 Å². The molecule has 0 aromatic heterocycles. The number of aryl methyl sites for hydroxylation is 2. The largest absolute Gasteiger partial charge is 0.495 e. The second kappa shape index (κ2) is 8.56. The predicted molar refractivity (Wildman–Crippen MR) is 106 cm³/mol. The van der Waals surface area contributed by atoms with Crippen LogP contribution < -0.4 is 10.1 Å². The number of benzene rings is 2. The Labute approximate surface area is 166 Å². The number of rotatable bonds is 4. The van der Waals surface area contributed by atoms with E-state index in [2.05, 4.69) is 5.32 Å². The average Bonchev–Trinajstić information content (AvgIpc) is 2.60. The Balaban J connectivity index is 0.00000261. The fraction of sp³-hybridized carbons (Fsp3) is 0.368. The summed E-state index contributed by atoms with van der Waals surface area (Å²) in [6.07, 6.45) is 0. The number of nitrogens with one attached hydrogen (secondary N) is 1. The molecular weight excluding hydrogens is 391 g/mol. The van der Waals surface area contributed by atoms with Crippen molar-refractivity contribution in [2.75, 3.05) is 26.7 Å². The zero-order valence-electron chi connectivity index (χ0n) is 15.5. The molecule has 1 aliphatic heterocycles. The molecule has 148 valence electrons. The standard InChI is InChI=1S/C19H23FN2O3S.ClH/c1-13-9-14(2)19(18(10-13)25-3)26(23,24)22-8-7-21-12-17(22)15-5-4-6-16(20)11-15;/h4-6,9-11,17,21H,7-8,12H2,1-3H3;1H. The molecule has 5 nitrogen and oxygen atoms in total. The molecule has 27 heavy (non-hydrogen) atoms. The summed E-state index contributed by atoms with van der Waals surface area (Å²) in [5.41, 5.74) is 2.20. The second-order valence-corrected chi connectivity index (χ2v) is 8.33. The minimum atomic E-state index is -3.82. The first-order valence-corrected chi connectivity index (χ1v) is 9.92. The molecule has 0 saturated carbocycles. The van der Waals surface area contributed by atoms with Gasteiger partial charge in [-0.25, -0.2) is 12.8 Å². The van der Waals surface area contributed by atoms with Crippen LogP contribution in [-0.2, 0) is 10.0 Å². The lowest BCUT2D eigenvalue weighted by atomic mass is 10.1. The molecule has 1 unspecified atom stereocenters. The highest BCUT2D eigenvalue weighted by atomic mass is 35.5. The molecule has 0 amide bonds. The van der Waals surface area contributed by atoms with Gasteiger partial charge in [0.25, 0.3) is 0 Å². The predicted octanol–water partition coefficient (Wildman–Crippen LogP) is 3.21. The maximum atomic E-state index is 13.7. The third-order valence-electron chi connectivity index (χ3n) is 4.60. The highest BCUT2D eigenvalue weighted by Gasteiger charge is 2.37. The van der Waals surface area contributed by atoms with Crippen LogP contribution in [0.25, 0.3) is 0 Å². The summed E-state index contributed by atoms with van der Waals surface area (Å²) in [5, 5.41) is 3.20. The number of hydrogen-bond donors (Lipinski definition) is 1. The third kappa shape index (κ3) is 4.27. The number of hydrogen-bond acceptors (Lipinski definition) is 4. The molecule has 1 atom stereocenters. The van der Waals surface area contributed by atoms with E-state index in [0.29, 0.717) is 36.5 Å². The van der Waals surface area contributed by atoms with Crippen molar-refractivity contribution in [2.24, 2.45) is 0 Å². The zero-order chi connectivity index (χ0) is 18.9. The summed E-state index contributed by atoms with van der Waals surface area (Å²) in [6, 6.07) is 9.17. The number of ether oxygens (including phenoxy) is 1. The van der Waals surface area contributed by atoms with Crippen molar-refractivity contribution in [3.63, 3.8) is 0 Å². The van der Waals surface area contributed by atoms with Crippen LogP contribution in [0.15, 0.2) is 41.3 Å². The van der Waals surface area contributed by atoms with Gasteiger partial charge in [-0.15, -0.1) is 12.4 Å². The molecule has 1 saturated heterocycles. The average molecular weight is 415 g/mol. The van der Waals surface area contributed by atoms with Crippen LogP contribution in [0.1, 0.15) is 22.7 Å². The first-order valence-electron chi connectivity index (χ1n) is 8.48. The molecule has 2 aromatic rings. The summed E-state index contributed by atoms with van der Waals surface area (Å²) < 4.78 is 47.5. The molecule has 0 bridgehead atoms. The van der Waals surface area contributed by atoms with Crippen molar-refractivity contribution in [1.29, 1.82) is 0 Å². The highest BCUT2D eigenvalue weighted by molar-refractivity contribution is 7.89. The van der Waals surface area contributed by atoms with E-state index >= 15 is 0 Å². The normalized spacial score (nSPS) is 18.0. The lowest BCUT2D eigenvalue weighted by molar-refractivity contribution is 0.269. The van der Waals surface area contributed by atoms with E-state index < -0.39 is 16.1 Å². The first kappa shape index (κ1) is 21.6. The Hall–Kier alpha value is -1.67. The van der Waals surface area contributed by atoms with Crippen LogP contribution in [-0.4, -0.2) is 39.5 Å². The first-order chi connectivity index (χ1) is 12.3. The summed E-state index contributed by atoms with van der Waals surface area (Å²) in [5.74, 6) is -0.0476. The number of nitrogens with zero attached hydrogens (tertiary/aromatic N) is 1. The fourth-order valence-electron chi connectivity index (χ4n) is 3.49. The Morgan fingerprint density at radius 1 is 1.22 bits per heavy atom. The lowest BCUT2D eigenvalue weighted by Crippen LogP contribution is -2.48. The fourth-order valence-corrected chi connectivity index (χ4v) is 5.45. The van der Waals surface area contributed by atoms with Crippen molar-refractivity contribution in [2.45, 2.75) is 24.8 Å². The smallest absolute Gasteiger partial charge is 0.247 e. The molecule has 1 aliphatic rings. The van der Waals surface area contributed by atoms with Gasteiger partial charge in [-0.3, -0.25) is 0 Å². The van der Waals surface area contributed by atoms with E-state index in [1.54, 1.807) is 25.1 Å². The summed E-state index contributed by atoms with van der Waals surface area (Å²) in [4.78, 5) is 0.175. The van der Waals surface area contributed by atoms with Crippen LogP contribution in [0.3, 0.4) is 0 Å². The SMILES string of the molecule is COc1cc(C)cc(C)c1S(=O)(=O)N1CCNCC1c1cccc(F)c1.Cl. The van der Waals surface area contributed by atoms with E-state index in [1.165, 1.54) is 23.5 Å². The second-order valence-electron chi connectivity index (χ2n) is 6.50. The molecule has 2 aromatic carbocycles. The molecule has 1 heterocycles. The van der Waals surface area contributed by atoms with Crippen LogP contribution >= 0.6 is 12.4 Å². The van der Waals surface area contributed by atoms with Crippen molar-refractivity contribution in [1.82, 2.24) is 9.62 Å². The van der Waals surface area contributed by atoms with Crippen molar-refractivity contribution < 1.29 is 17.5 Å². The maximum Gasteiger partial charge on any atom is 0.247 e. The van der Waals surface area contributed by atoms with Crippen molar-refractivity contribution >= 4 is 22.4 Å². The Morgan fingerprint density at radius 2 is 1.96 bits per heavy atom. The van der Waals surface area contributed by atoms with Gasteiger partial charge in [0.05, 0.1) is 13.2 Å². The van der Waals surface area contributed by atoms with Gasteiger partial charge in [0.15, 0.2) is 0 Å². The van der Waals surface area contributed by atoms with Gasteiger partial charge >= 0.3 is 0 Å². The van der Waals surface area contributed by atoms with E-state index in [4.69, 9.17) is 4.74 Å². The highest BCUT2D eigenvalue weighted by Crippen LogP contribution is 2.35. The molecule has 0 spiro atoms. The maximum absolute atomic E-state index is 13.7. The topological polar surface area (TPSA) is 58.6 Å². The van der Waals surface area contributed by atoms with Crippen molar-refractivity contribution in [3.8, 4) is 5.75 Å². The number of methoxy groups -OCH3 is 1. The molecule has 0 aliphatic carbocycles.